The van der Waals surface area contributed by atoms with Crippen LogP contribution in [0, 0.1) is 20.8 Å². The van der Waals surface area contributed by atoms with Crippen molar-refractivity contribution in [2.24, 2.45) is 0 Å². The number of sulfonamides is 1. The molecule has 3 rings (SSSR count). The van der Waals surface area contributed by atoms with Gasteiger partial charge in [0.05, 0.1) is 10.6 Å². The van der Waals surface area contributed by atoms with Crippen LogP contribution in [0.4, 0.5) is 5.69 Å². The van der Waals surface area contributed by atoms with E-state index in [0.29, 0.717) is 26.9 Å². The maximum atomic E-state index is 14.0. The van der Waals surface area contributed by atoms with E-state index in [1.165, 1.54) is 17.0 Å². The number of amides is 2. The number of carbonyl (C=O) groups is 2. The van der Waals surface area contributed by atoms with E-state index >= 15 is 0 Å². The minimum absolute atomic E-state index is 0.0529. The van der Waals surface area contributed by atoms with Gasteiger partial charge < -0.3 is 10.2 Å². The molecule has 7 nitrogen and oxygen atoms in total. The molecular formula is C30H35Cl2N3O4S. The second-order valence-corrected chi connectivity index (χ2v) is 12.9. The first kappa shape index (κ1) is 31.5. The third kappa shape index (κ3) is 7.36. The number of nitrogens with one attached hydrogen (secondary N) is 1. The zero-order chi connectivity index (χ0) is 29.8. The van der Waals surface area contributed by atoms with Gasteiger partial charge in [-0.15, -0.1) is 0 Å². The molecule has 0 unspecified atom stereocenters. The number of anilines is 1. The van der Waals surface area contributed by atoms with E-state index in [1.807, 2.05) is 33.8 Å². The van der Waals surface area contributed by atoms with Gasteiger partial charge in [0.25, 0.3) is 10.0 Å². The number of carbonyl (C=O) groups excluding carboxylic acids is 2. The van der Waals surface area contributed by atoms with Crippen molar-refractivity contribution in [3.8, 4) is 0 Å². The van der Waals surface area contributed by atoms with Gasteiger partial charge in [-0.05, 0) is 77.4 Å². The fourth-order valence-electron chi connectivity index (χ4n) is 4.28. The molecule has 3 aromatic carbocycles. The maximum absolute atomic E-state index is 14.0. The van der Waals surface area contributed by atoms with Crippen molar-refractivity contribution in [3.05, 3.63) is 93.0 Å². The first-order valence-corrected chi connectivity index (χ1v) is 15.1. The van der Waals surface area contributed by atoms with Gasteiger partial charge in [0, 0.05) is 28.2 Å². The van der Waals surface area contributed by atoms with Crippen molar-refractivity contribution in [3.63, 3.8) is 0 Å². The molecule has 0 spiro atoms. The van der Waals surface area contributed by atoms with Crippen LogP contribution < -0.4 is 9.62 Å². The Labute approximate surface area is 247 Å². The monoisotopic (exact) mass is 603 g/mol. The zero-order valence-corrected chi connectivity index (χ0v) is 25.9. The van der Waals surface area contributed by atoms with E-state index < -0.39 is 28.5 Å². The Morgan fingerprint density at radius 1 is 0.875 bits per heavy atom. The van der Waals surface area contributed by atoms with Crippen LogP contribution in [-0.4, -0.2) is 43.8 Å². The molecule has 2 amide bonds. The molecule has 0 fully saturated rings. The summed E-state index contributed by atoms with van der Waals surface area (Å²) >= 11 is 12.8. The summed E-state index contributed by atoms with van der Waals surface area (Å²) in [5, 5.41) is 3.49. The molecule has 0 saturated carbocycles. The summed E-state index contributed by atoms with van der Waals surface area (Å²) in [6.45, 7) is 10.2. The third-order valence-corrected chi connectivity index (χ3v) is 8.98. The summed E-state index contributed by atoms with van der Waals surface area (Å²) in [5.74, 6) is -0.968. The standard InChI is InChI=1S/C30H35Cl2N3O4S/c1-19(2)33-30(37)23(6)34(17-25-26(31)8-7-9-27(25)32)29(36)18-35(28-15-12-21(4)16-22(28)5)40(38,39)24-13-10-20(3)11-14-24/h7-16,19,23H,17-18H2,1-6H3,(H,33,37)/t23-/m0/s1. The number of hydrogen-bond acceptors (Lipinski definition) is 4. The summed E-state index contributed by atoms with van der Waals surface area (Å²) in [6.07, 6.45) is 0. The summed E-state index contributed by atoms with van der Waals surface area (Å²) in [7, 11) is -4.16. The lowest BCUT2D eigenvalue weighted by Gasteiger charge is -2.33. The lowest BCUT2D eigenvalue weighted by Crippen LogP contribution is -2.52. The number of aryl methyl sites for hydroxylation is 3. The van der Waals surface area contributed by atoms with E-state index in [9.17, 15) is 18.0 Å². The normalized spacial score (nSPS) is 12.2. The third-order valence-electron chi connectivity index (χ3n) is 6.50. The maximum Gasteiger partial charge on any atom is 0.264 e. The molecule has 0 radical (unpaired) electrons. The molecule has 0 saturated heterocycles. The number of hydrogen-bond donors (Lipinski definition) is 1. The Bertz CT molecular complexity index is 1470. The van der Waals surface area contributed by atoms with E-state index in [1.54, 1.807) is 56.3 Å². The van der Waals surface area contributed by atoms with Gasteiger partial charge in [0.1, 0.15) is 12.6 Å². The highest BCUT2D eigenvalue weighted by atomic mass is 35.5. The summed E-state index contributed by atoms with van der Waals surface area (Å²) < 4.78 is 29.1. The van der Waals surface area contributed by atoms with Gasteiger partial charge in [-0.1, -0.05) is 64.7 Å². The van der Waals surface area contributed by atoms with Crippen LogP contribution in [0.3, 0.4) is 0 Å². The highest BCUT2D eigenvalue weighted by molar-refractivity contribution is 7.92. The van der Waals surface area contributed by atoms with Crippen molar-refractivity contribution < 1.29 is 18.0 Å². The van der Waals surface area contributed by atoms with E-state index in [0.717, 1.165) is 15.4 Å². The van der Waals surface area contributed by atoms with Crippen LogP contribution >= 0.6 is 23.2 Å². The summed E-state index contributed by atoms with van der Waals surface area (Å²) in [5.41, 5.74) is 3.38. The van der Waals surface area contributed by atoms with Gasteiger partial charge in [-0.25, -0.2) is 8.42 Å². The van der Waals surface area contributed by atoms with Crippen LogP contribution in [0.1, 0.15) is 43.0 Å². The SMILES string of the molecule is Cc1ccc(S(=O)(=O)N(CC(=O)N(Cc2c(Cl)cccc2Cl)[C@@H](C)C(=O)NC(C)C)c2ccc(C)cc2C)cc1. The lowest BCUT2D eigenvalue weighted by molar-refractivity contribution is -0.139. The smallest absolute Gasteiger partial charge is 0.264 e. The van der Waals surface area contributed by atoms with Crippen molar-refractivity contribution in [2.45, 2.75) is 65.1 Å². The fraction of sp³-hybridized carbons (Fsp3) is 0.333. The van der Waals surface area contributed by atoms with Crippen LogP contribution in [0.5, 0.6) is 0 Å². The number of rotatable bonds is 10. The molecule has 214 valence electrons. The minimum atomic E-state index is -4.16. The van der Waals surface area contributed by atoms with E-state index in [-0.39, 0.29) is 23.4 Å². The molecule has 1 atom stereocenters. The van der Waals surface area contributed by atoms with Crippen molar-refractivity contribution in [1.82, 2.24) is 10.2 Å². The van der Waals surface area contributed by atoms with Gasteiger partial charge in [-0.3, -0.25) is 13.9 Å². The molecule has 0 heterocycles. The van der Waals surface area contributed by atoms with Crippen LogP contribution in [0.2, 0.25) is 10.0 Å². The Morgan fingerprint density at radius 2 is 1.45 bits per heavy atom. The van der Waals surface area contributed by atoms with Crippen LogP contribution in [-0.2, 0) is 26.2 Å². The van der Waals surface area contributed by atoms with Gasteiger partial charge in [-0.2, -0.15) is 0 Å². The Hall–Kier alpha value is -3.07. The van der Waals surface area contributed by atoms with Crippen molar-refractivity contribution in [1.29, 1.82) is 0 Å². The average molecular weight is 605 g/mol. The molecule has 40 heavy (non-hydrogen) atoms. The molecule has 10 heteroatoms. The molecule has 0 aliphatic heterocycles. The van der Waals surface area contributed by atoms with E-state index in [2.05, 4.69) is 5.32 Å². The minimum Gasteiger partial charge on any atom is -0.352 e. The molecular weight excluding hydrogens is 569 g/mol. The lowest BCUT2D eigenvalue weighted by atomic mass is 10.1. The molecule has 0 bridgehead atoms. The largest absolute Gasteiger partial charge is 0.352 e. The topological polar surface area (TPSA) is 86.8 Å². The molecule has 0 aromatic heterocycles. The Morgan fingerprint density at radius 3 is 2.00 bits per heavy atom. The van der Waals surface area contributed by atoms with Gasteiger partial charge in [0.2, 0.25) is 11.8 Å². The highest BCUT2D eigenvalue weighted by Gasteiger charge is 2.33. The average Bonchev–Trinajstić information content (AvgIpc) is 2.87. The Balaban J connectivity index is 2.11. The number of nitrogens with zero attached hydrogens (tertiary/aromatic N) is 2. The quantitative estimate of drug-likeness (QED) is 0.305. The van der Waals surface area contributed by atoms with Crippen molar-refractivity contribution >= 4 is 50.7 Å². The predicted octanol–water partition coefficient (Wildman–Crippen LogP) is 6.06. The Kier molecular flexibility index (Phi) is 10.3. The molecule has 3 aromatic rings. The predicted molar refractivity (Wildman–Crippen MR) is 161 cm³/mol. The summed E-state index contributed by atoms with van der Waals surface area (Å²) in [6, 6.07) is 15.7. The van der Waals surface area contributed by atoms with Crippen molar-refractivity contribution in [2.75, 3.05) is 10.8 Å². The second-order valence-electron chi connectivity index (χ2n) is 10.2. The summed E-state index contributed by atoms with van der Waals surface area (Å²) in [4.78, 5) is 28.5. The molecule has 0 aliphatic rings. The van der Waals surface area contributed by atoms with Crippen LogP contribution in [0.15, 0.2) is 65.6 Å². The number of benzene rings is 3. The first-order chi connectivity index (χ1) is 18.7. The van der Waals surface area contributed by atoms with Gasteiger partial charge in [0.15, 0.2) is 0 Å². The van der Waals surface area contributed by atoms with E-state index in [4.69, 9.17) is 23.2 Å². The van der Waals surface area contributed by atoms with Crippen LogP contribution in [0.25, 0.3) is 0 Å². The second kappa shape index (κ2) is 13.1. The molecule has 0 aliphatic carbocycles. The first-order valence-electron chi connectivity index (χ1n) is 12.9. The zero-order valence-electron chi connectivity index (χ0n) is 23.5. The van der Waals surface area contributed by atoms with Gasteiger partial charge >= 0.3 is 0 Å². The fourth-order valence-corrected chi connectivity index (χ4v) is 6.27. The molecule has 1 N–H and O–H groups in total. The highest BCUT2D eigenvalue weighted by Crippen LogP contribution is 2.30. The number of halogens is 2.